The number of hydrogen-bond acceptors (Lipinski definition) is 6. The van der Waals surface area contributed by atoms with Gasteiger partial charge in [0.15, 0.2) is 5.60 Å². The molecule has 134 valence electrons. The Labute approximate surface area is 142 Å². The molecule has 0 aliphatic carbocycles. The van der Waals surface area contributed by atoms with Crippen LogP contribution in [0.5, 0.6) is 0 Å². The van der Waals surface area contributed by atoms with E-state index in [1.807, 2.05) is 0 Å². The largest absolute Gasteiger partial charge is 0.479 e. The lowest BCUT2D eigenvalue weighted by atomic mass is 10.1. The second-order valence-electron chi connectivity index (χ2n) is 5.83. The van der Waals surface area contributed by atoms with E-state index in [-0.39, 0.29) is 30.4 Å². The molecule has 0 fully saturated rings. The van der Waals surface area contributed by atoms with E-state index in [1.165, 1.54) is 6.07 Å². The van der Waals surface area contributed by atoms with E-state index in [2.05, 4.69) is 15.5 Å². The highest BCUT2D eigenvalue weighted by Gasteiger charge is 2.30. The Kier molecular flexibility index (Phi) is 5.48. The number of benzene rings is 1. The van der Waals surface area contributed by atoms with Crippen LogP contribution in [0.4, 0.5) is 4.39 Å². The van der Waals surface area contributed by atoms with Crippen LogP contribution in [-0.2, 0) is 16.0 Å². The number of aliphatic hydroxyl groups is 1. The van der Waals surface area contributed by atoms with Crippen LogP contribution >= 0.6 is 0 Å². The molecule has 2 rings (SSSR count). The number of rotatable bonds is 7. The first-order valence-corrected chi connectivity index (χ1v) is 7.50. The molecular weight excluding hydrogens is 333 g/mol. The van der Waals surface area contributed by atoms with Crippen LogP contribution in [0.3, 0.4) is 0 Å². The highest BCUT2D eigenvalue weighted by molar-refractivity contribution is 5.80. The van der Waals surface area contributed by atoms with Gasteiger partial charge < -0.3 is 20.1 Å². The molecule has 0 aliphatic heterocycles. The number of amides is 1. The molecule has 1 amide bonds. The number of aryl methyl sites for hydroxylation is 2. The fourth-order valence-electron chi connectivity index (χ4n) is 1.86. The molecule has 9 heteroatoms. The minimum Gasteiger partial charge on any atom is -0.479 e. The minimum atomic E-state index is -2.04. The third kappa shape index (κ3) is 4.83. The lowest BCUT2D eigenvalue weighted by Gasteiger charge is -2.17. The smallest absolute Gasteiger partial charge is 0.337 e. The number of aromatic nitrogens is 2. The third-order valence-corrected chi connectivity index (χ3v) is 3.55. The highest BCUT2D eigenvalue weighted by atomic mass is 19.1. The van der Waals surface area contributed by atoms with Crippen molar-refractivity contribution in [1.82, 2.24) is 15.5 Å². The van der Waals surface area contributed by atoms with Crippen LogP contribution in [0.15, 0.2) is 22.7 Å². The van der Waals surface area contributed by atoms with Crippen LogP contribution in [0, 0.1) is 12.7 Å². The zero-order valence-electron chi connectivity index (χ0n) is 13.7. The normalized spacial score (nSPS) is 13.3. The fourth-order valence-corrected chi connectivity index (χ4v) is 1.86. The number of aliphatic carboxylic acids is 1. The van der Waals surface area contributed by atoms with Gasteiger partial charge in [-0.25, -0.2) is 9.18 Å². The molecule has 8 nitrogen and oxygen atoms in total. The summed E-state index contributed by atoms with van der Waals surface area (Å²) in [6.45, 7) is 2.31. The van der Waals surface area contributed by atoms with E-state index in [4.69, 9.17) is 9.63 Å². The van der Waals surface area contributed by atoms with Gasteiger partial charge in [-0.1, -0.05) is 17.3 Å². The van der Waals surface area contributed by atoms with Gasteiger partial charge >= 0.3 is 5.97 Å². The molecule has 0 aliphatic rings. The van der Waals surface area contributed by atoms with Crippen LogP contribution in [0.25, 0.3) is 11.4 Å². The zero-order valence-corrected chi connectivity index (χ0v) is 13.7. The maximum Gasteiger partial charge on any atom is 0.337 e. The van der Waals surface area contributed by atoms with Gasteiger partial charge in [0.1, 0.15) is 5.82 Å². The van der Waals surface area contributed by atoms with Crippen molar-refractivity contribution in [2.24, 2.45) is 0 Å². The predicted octanol–water partition coefficient (Wildman–Crippen LogP) is 1.07. The Morgan fingerprint density at radius 1 is 1.40 bits per heavy atom. The third-order valence-electron chi connectivity index (χ3n) is 3.55. The number of nitrogens with one attached hydrogen (secondary N) is 1. The molecule has 0 bridgehead atoms. The predicted molar refractivity (Wildman–Crippen MR) is 84.0 cm³/mol. The number of carboxylic acid groups (broad SMARTS) is 1. The van der Waals surface area contributed by atoms with Gasteiger partial charge in [0.2, 0.25) is 17.6 Å². The number of halogens is 1. The first-order chi connectivity index (χ1) is 11.7. The Bertz CT molecular complexity index is 788. The van der Waals surface area contributed by atoms with E-state index in [1.54, 1.807) is 19.1 Å². The van der Waals surface area contributed by atoms with Crippen molar-refractivity contribution < 1.29 is 28.7 Å². The van der Waals surface area contributed by atoms with E-state index in [0.29, 0.717) is 11.1 Å². The standard InChI is InChI=1S/C16H18FN3O5/c1-9-3-4-10(7-11(9)17)14-19-13(25-20-14)6-5-12(21)18-8-16(2,24)15(22)23/h3-4,7,24H,5-6,8H2,1-2H3,(H,18,21)(H,22,23). The summed E-state index contributed by atoms with van der Waals surface area (Å²) in [5, 5.41) is 24.3. The summed E-state index contributed by atoms with van der Waals surface area (Å²) in [6.07, 6.45) is 0.0992. The Morgan fingerprint density at radius 3 is 2.76 bits per heavy atom. The molecule has 1 aromatic heterocycles. The van der Waals surface area contributed by atoms with Gasteiger partial charge in [-0.05, 0) is 25.5 Å². The lowest BCUT2D eigenvalue weighted by molar-refractivity contribution is -0.156. The second kappa shape index (κ2) is 7.39. The minimum absolute atomic E-state index is 0.0282. The van der Waals surface area contributed by atoms with Crippen LogP contribution in [0.1, 0.15) is 24.8 Å². The van der Waals surface area contributed by atoms with Gasteiger partial charge in [0, 0.05) is 18.4 Å². The summed E-state index contributed by atoms with van der Waals surface area (Å²) < 4.78 is 18.6. The number of hydrogen-bond donors (Lipinski definition) is 3. The summed E-state index contributed by atoms with van der Waals surface area (Å²) in [5.74, 6) is -1.88. The lowest BCUT2D eigenvalue weighted by Crippen LogP contribution is -2.46. The maximum atomic E-state index is 13.6. The average molecular weight is 351 g/mol. The number of carbonyl (C=O) groups is 2. The molecule has 1 atom stereocenters. The molecule has 0 saturated heterocycles. The summed E-state index contributed by atoms with van der Waals surface area (Å²) >= 11 is 0. The van der Waals surface area contributed by atoms with Crippen molar-refractivity contribution in [3.8, 4) is 11.4 Å². The molecule has 25 heavy (non-hydrogen) atoms. The van der Waals surface area contributed by atoms with Crippen molar-refractivity contribution in [3.05, 3.63) is 35.5 Å². The zero-order chi connectivity index (χ0) is 18.6. The Hall–Kier alpha value is -2.81. The van der Waals surface area contributed by atoms with E-state index >= 15 is 0 Å². The molecule has 0 spiro atoms. The molecule has 0 radical (unpaired) electrons. The first-order valence-electron chi connectivity index (χ1n) is 7.50. The summed E-state index contributed by atoms with van der Waals surface area (Å²) in [5.41, 5.74) is -1.08. The average Bonchev–Trinajstić information content (AvgIpc) is 3.02. The fraction of sp³-hybridized carbons (Fsp3) is 0.375. The van der Waals surface area contributed by atoms with Crippen molar-refractivity contribution in [3.63, 3.8) is 0 Å². The summed E-state index contributed by atoms with van der Waals surface area (Å²) in [6, 6.07) is 4.56. The Morgan fingerprint density at radius 2 is 2.12 bits per heavy atom. The second-order valence-corrected chi connectivity index (χ2v) is 5.83. The quantitative estimate of drug-likeness (QED) is 0.681. The monoisotopic (exact) mass is 351 g/mol. The topological polar surface area (TPSA) is 126 Å². The molecule has 0 saturated carbocycles. The van der Waals surface area contributed by atoms with Gasteiger partial charge in [-0.2, -0.15) is 4.98 Å². The van der Waals surface area contributed by atoms with Gasteiger partial charge in [-0.3, -0.25) is 4.79 Å². The maximum absolute atomic E-state index is 13.6. The molecule has 3 N–H and O–H groups in total. The molecule has 1 unspecified atom stereocenters. The highest BCUT2D eigenvalue weighted by Crippen LogP contribution is 2.19. The summed E-state index contributed by atoms with van der Waals surface area (Å²) in [4.78, 5) is 26.5. The SMILES string of the molecule is Cc1ccc(-c2noc(CCC(=O)NCC(C)(O)C(=O)O)n2)cc1F. The van der Waals surface area contributed by atoms with E-state index in [9.17, 15) is 19.1 Å². The Balaban J connectivity index is 1.90. The number of carbonyl (C=O) groups excluding carboxylic acids is 1. The number of carboxylic acids is 1. The molecule has 1 heterocycles. The molecular formula is C16H18FN3O5. The molecule has 1 aromatic carbocycles. The summed E-state index contributed by atoms with van der Waals surface area (Å²) in [7, 11) is 0. The van der Waals surface area contributed by atoms with Gasteiger partial charge in [0.05, 0.1) is 6.54 Å². The van der Waals surface area contributed by atoms with Crippen LogP contribution in [-0.4, -0.2) is 44.4 Å². The molecule has 2 aromatic rings. The van der Waals surface area contributed by atoms with Crippen LogP contribution < -0.4 is 5.32 Å². The van der Waals surface area contributed by atoms with Crippen molar-refractivity contribution in [1.29, 1.82) is 0 Å². The first kappa shape index (κ1) is 18.5. The van der Waals surface area contributed by atoms with E-state index < -0.39 is 24.0 Å². The number of nitrogens with zero attached hydrogens (tertiary/aromatic N) is 2. The van der Waals surface area contributed by atoms with E-state index in [0.717, 1.165) is 6.92 Å². The van der Waals surface area contributed by atoms with Gasteiger partial charge in [-0.15, -0.1) is 0 Å². The van der Waals surface area contributed by atoms with Crippen molar-refractivity contribution in [2.75, 3.05) is 6.54 Å². The van der Waals surface area contributed by atoms with Crippen molar-refractivity contribution >= 4 is 11.9 Å². The van der Waals surface area contributed by atoms with Crippen molar-refractivity contribution in [2.45, 2.75) is 32.3 Å². The van der Waals surface area contributed by atoms with Gasteiger partial charge in [0.25, 0.3) is 0 Å². The van der Waals surface area contributed by atoms with Crippen LogP contribution in [0.2, 0.25) is 0 Å².